The SMILES string of the molecule is c1ccc(-c2cc(-c3ccccc3)cc(-n3c4ccccc4c4cc5c6c7oc8ccccc8c7ccc6n(-c6ccccc6)c5cc43)c2)cc1. The lowest BCUT2D eigenvalue weighted by Crippen LogP contribution is -1.97. The van der Waals surface area contributed by atoms with E-state index in [0.717, 1.165) is 55.2 Å². The van der Waals surface area contributed by atoms with E-state index in [0.29, 0.717) is 0 Å². The van der Waals surface area contributed by atoms with Gasteiger partial charge in [-0.3, -0.25) is 0 Å². The molecule has 0 spiro atoms. The molecule has 0 radical (unpaired) electrons. The van der Waals surface area contributed by atoms with Crippen LogP contribution in [0.1, 0.15) is 0 Å². The lowest BCUT2D eigenvalue weighted by molar-refractivity contribution is 0.673. The van der Waals surface area contributed by atoms with Gasteiger partial charge >= 0.3 is 0 Å². The summed E-state index contributed by atoms with van der Waals surface area (Å²) in [6, 6.07) is 65.5. The van der Waals surface area contributed by atoms with Crippen LogP contribution < -0.4 is 0 Å². The molecule has 0 saturated heterocycles. The van der Waals surface area contributed by atoms with Gasteiger partial charge in [0.05, 0.1) is 27.5 Å². The number of hydrogen-bond acceptors (Lipinski definition) is 1. The van der Waals surface area contributed by atoms with Gasteiger partial charge in [-0.05, 0) is 89.0 Å². The van der Waals surface area contributed by atoms with Crippen molar-refractivity contribution < 1.29 is 4.42 Å². The summed E-state index contributed by atoms with van der Waals surface area (Å²) < 4.78 is 11.5. The third-order valence-electron chi connectivity index (χ3n) is 10.5. The first kappa shape index (κ1) is 28.0. The molecule has 0 aliphatic heterocycles. The molecule has 238 valence electrons. The number of aromatic nitrogens is 2. The van der Waals surface area contributed by atoms with Gasteiger partial charge in [-0.15, -0.1) is 0 Å². The zero-order valence-corrected chi connectivity index (χ0v) is 27.6. The van der Waals surface area contributed by atoms with Gasteiger partial charge in [-0.1, -0.05) is 115 Å². The summed E-state index contributed by atoms with van der Waals surface area (Å²) in [6.45, 7) is 0. The van der Waals surface area contributed by atoms with Crippen LogP contribution >= 0.6 is 0 Å². The van der Waals surface area contributed by atoms with Crippen molar-refractivity contribution in [3.8, 4) is 33.6 Å². The fourth-order valence-electron chi connectivity index (χ4n) is 8.21. The highest BCUT2D eigenvalue weighted by molar-refractivity contribution is 6.26. The lowest BCUT2D eigenvalue weighted by atomic mass is 9.98. The normalized spacial score (nSPS) is 11.9. The summed E-state index contributed by atoms with van der Waals surface area (Å²) in [6.07, 6.45) is 0. The van der Waals surface area contributed by atoms with E-state index in [4.69, 9.17) is 4.42 Å². The fourth-order valence-corrected chi connectivity index (χ4v) is 8.21. The van der Waals surface area contributed by atoms with Crippen molar-refractivity contribution in [2.75, 3.05) is 0 Å². The predicted octanol–water partition coefficient (Wildman–Crippen LogP) is 13.1. The van der Waals surface area contributed by atoms with Crippen LogP contribution in [0.5, 0.6) is 0 Å². The van der Waals surface area contributed by atoms with Gasteiger partial charge < -0.3 is 13.6 Å². The van der Waals surface area contributed by atoms with Crippen molar-refractivity contribution in [1.29, 1.82) is 0 Å². The molecular weight excluding hydrogens is 621 g/mol. The number of fused-ring (bicyclic) bond motifs is 10. The maximum absolute atomic E-state index is 6.69. The van der Waals surface area contributed by atoms with Gasteiger partial charge in [-0.2, -0.15) is 0 Å². The highest BCUT2D eigenvalue weighted by atomic mass is 16.3. The molecule has 8 aromatic carbocycles. The first-order chi connectivity index (χ1) is 25.3. The summed E-state index contributed by atoms with van der Waals surface area (Å²) in [5, 5.41) is 7.03. The molecule has 0 atom stereocenters. The van der Waals surface area contributed by atoms with Gasteiger partial charge in [0.15, 0.2) is 0 Å². The van der Waals surface area contributed by atoms with Crippen molar-refractivity contribution in [3.63, 3.8) is 0 Å². The Morgan fingerprint density at radius 3 is 1.63 bits per heavy atom. The summed E-state index contributed by atoms with van der Waals surface area (Å²) >= 11 is 0. The molecule has 3 aromatic heterocycles. The quantitative estimate of drug-likeness (QED) is 0.186. The van der Waals surface area contributed by atoms with Gasteiger partial charge in [0.2, 0.25) is 0 Å². The number of furan rings is 1. The molecule has 0 amide bonds. The summed E-state index contributed by atoms with van der Waals surface area (Å²) in [4.78, 5) is 0. The molecule has 0 bridgehead atoms. The third-order valence-corrected chi connectivity index (χ3v) is 10.5. The predicted molar refractivity (Wildman–Crippen MR) is 213 cm³/mol. The fraction of sp³-hybridized carbons (Fsp3) is 0. The maximum atomic E-state index is 6.69. The first-order valence-corrected chi connectivity index (χ1v) is 17.4. The number of para-hydroxylation sites is 3. The van der Waals surface area contributed by atoms with Gasteiger partial charge in [0.25, 0.3) is 0 Å². The molecule has 0 aliphatic carbocycles. The molecule has 51 heavy (non-hydrogen) atoms. The van der Waals surface area contributed by atoms with E-state index in [1.165, 1.54) is 43.9 Å². The monoisotopic (exact) mass is 650 g/mol. The van der Waals surface area contributed by atoms with Crippen LogP contribution in [0.15, 0.2) is 186 Å². The third kappa shape index (κ3) is 4.19. The summed E-state index contributed by atoms with van der Waals surface area (Å²) in [5.41, 5.74) is 13.4. The van der Waals surface area contributed by atoms with E-state index in [1.807, 2.05) is 6.07 Å². The maximum Gasteiger partial charge on any atom is 0.145 e. The highest BCUT2D eigenvalue weighted by Gasteiger charge is 2.22. The van der Waals surface area contributed by atoms with E-state index in [1.54, 1.807) is 0 Å². The Morgan fingerprint density at radius 1 is 0.314 bits per heavy atom. The number of nitrogens with zero attached hydrogens (tertiary/aromatic N) is 2. The molecule has 0 unspecified atom stereocenters. The zero-order chi connectivity index (χ0) is 33.5. The summed E-state index contributed by atoms with van der Waals surface area (Å²) in [5.74, 6) is 0. The van der Waals surface area contributed by atoms with Crippen LogP contribution in [-0.4, -0.2) is 9.13 Å². The second-order valence-electron chi connectivity index (χ2n) is 13.3. The topological polar surface area (TPSA) is 23.0 Å². The van der Waals surface area contributed by atoms with Crippen LogP contribution in [-0.2, 0) is 0 Å². The Balaban J connectivity index is 1.29. The van der Waals surface area contributed by atoms with Crippen molar-refractivity contribution in [3.05, 3.63) is 182 Å². The Kier molecular flexibility index (Phi) is 5.96. The minimum absolute atomic E-state index is 0.908. The Morgan fingerprint density at radius 2 is 0.902 bits per heavy atom. The minimum Gasteiger partial charge on any atom is -0.455 e. The average molecular weight is 651 g/mol. The first-order valence-electron chi connectivity index (χ1n) is 17.4. The van der Waals surface area contributed by atoms with Crippen molar-refractivity contribution in [2.24, 2.45) is 0 Å². The Bertz CT molecular complexity index is 3050. The zero-order valence-electron chi connectivity index (χ0n) is 27.6. The molecule has 11 aromatic rings. The molecule has 0 aliphatic rings. The van der Waals surface area contributed by atoms with Crippen molar-refractivity contribution in [1.82, 2.24) is 9.13 Å². The molecule has 0 N–H and O–H groups in total. The largest absolute Gasteiger partial charge is 0.455 e. The standard InChI is InChI=1S/C48H30N2O/c1-4-14-31(15-5-1)33-26-34(32-16-6-2-7-17-32)28-36(27-33)50-42-22-12-10-20-37(42)40-29-41-45(30-44(40)50)49(35-18-8-3-9-19-35)43-25-24-39-38-21-11-13-23-46(38)51-48(39)47(41)43/h1-30H. The Hall–Kier alpha value is -6.84. The lowest BCUT2D eigenvalue weighted by Gasteiger charge is -2.14. The average Bonchev–Trinajstić information content (AvgIpc) is 3.85. The van der Waals surface area contributed by atoms with Crippen molar-refractivity contribution in [2.45, 2.75) is 0 Å². The molecule has 0 saturated carbocycles. The van der Waals surface area contributed by atoms with E-state index in [2.05, 4.69) is 185 Å². The van der Waals surface area contributed by atoms with Gasteiger partial charge in [-0.25, -0.2) is 0 Å². The van der Waals surface area contributed by atoms with Crippen LogP contribution in [0.3, 0.4) is 0 Å². The summed E-state index contributed by atoms with van der Waals surface area (Å²) in [7, 11) is 0. The van der Waals surface area contributed by atoms with E-state index < -0.39 is 0 Å². The van der Waals surface area contributed by atoms with Crippen LogP contribution in [0.4, 0.5) is 0 Å². The second-order valence-corrected chi connectivity index (χ2v) is 13.3. The molecule has 3 heterocycles. The molecule has 0 fully saturated rings. The molecule has 3 heteroatoms. The van der Waals surface area contributed by atoms with Crippen molar-refractivity contribution >= 4 is 65.6 Å². The van der Waals surface area contributed by atoms with E-state index in [-0.39, 0.29) is 0 Å². The van der Waals surface area contributed by atoms with Crippen LogP contribution in [0, 0.1) is 0 Å². The highest BCUT2D eigenvalue weighted by Crippen LogP contribution is 2.44. The molecular formula is C48H30N2O. The van der Waals surface area contributed by atoms with Gasteiger partial charge in [0, 0.05) is 38.3 Å². The van der Waals surface area contributed by atoms with E-state index >= 15 is 0 Å². The number of benzene rings is 8. The smallest absolute Gasteiger partial charge is 0.145 e. The van der Waals surface area contributed by atoms with E-state index in [9.17, 15) is 0 Å². The minimum atomic E-state index is 0.908. The molecule has 3 nitrogen and oxygen atoms in total. The van der Waals surface area contributed by atoms with Crippen LogP contribution in [0.25, 0.3) is 99.2 Å². The van der Waals surface area contributed by atoms with Crippen LogP contribution in [0.2, 0.25) is 0 Å². The molecule has 11 rings (SSSR count). The second kappa shape index (κ2) is 10.8. The Labute approximate surface area is 293 Å². The number of hydrogen-bond donors (Lipinski definition) is 0. The number of rotatable bonds is 4. The van der Waals surface area contributed by atoms with Gasteiger partial charge in [0.1, 0.15) is 11.2 Å².